The minimum absolute atomic E-state index is 0.334. The smallest absolute Gasteiger partial charge is 0.260 e. The number of alkyl halides is 6. The van der Waals surface area contributed by atoms with Gasteiger partial charge in [-0.05, 0) is 24.3 Å². The van der Waals surface area contributed by atoms with Crippen LogP contribution in [0.1, 0.15) is 11.1 Å². The quantitative estimate of drug-likeness (QED) is 0.288. The summed E-state index contributed by atoms with van der Waals surface area (Å²) in [5.41, 5.74) is -4.45. The van der Waals surface area contributed by atoms with Crippen LogP contribution in [0.3, 0.4) is 0 Å². The SMILES string of the molecule is O=[N+]([O-])c1ccc(N=NNc2ccc([N+](=O)[O-])c(C(F)(F)F)c2)cc1C(F)(F)F. The highest BCUT2D eigenvalue weighted by atomic mass is 19.4. The van der Waals surface area contributed by atoms with Crippen molar-refractivity contribution in [2.24, 2.45) is 10.3 Å². The molecule has 154 valence electrons. The minimum atomic E-state index is -5.05. The van der Waals surface area contributed by atoms with E-state index in [-0.39, 0.29) is 5.69 Å². The Labute approximate surface area is 155 Å². The van der Waals surface area contributed by atoms with E-state index in [0.717, 1.165) is 12.1 Å². The number of anilines is 1. The van der Waals surface area contributed by atoms with Gasteiger partial charge in [0.1, 0.15) is 11.1 Å². The number of halogens is 6. The standard InChI is InChI=1S/C14H7F6N5O4/c15-13(16,17)9-5-7(1-3-11(9)24(26)27)21-23-22-8-2-4-12(25(28)29)10(6-8)14(18,19)20/h1-6H,(H,21,22). The first-order chi connectivity index (χ1) is 13.3. The summed E-state index contributed by atoms with van der Waals surface area (Å²) in [4.78, 5) is 18.9. The lowest BCUT2D eigenvalue weighted by atomic mass is 10.1. The van der Waals surface area contributed by atoms with Crippen LogP contribution < -0.4 is 5.43 Å². The molecule has 15 heteroatoms. The van der Waals surface area contributed by atoms with Gasteiger partial charge < -0.3 is 0 Å². The number of hydrogen-bond donors (Lipinski definition) is 1. The third-order valence-electron chi connectivity index (χ3n) is 3.33. The highest BCUT2D eigenvalue weighted by molar-refractivity contribution is 5.55. The Morgan fingerprint density at radius 2 is 1.28 bits per heavy atom. The topological polar surface area (TPSA) is 123 Å². The molecule has 0 aliphatic carbocycles. The summed E-state index contributed by atoms with van der Waals surface area (Å²) in [6.07, 6.45) is -10.1. The Kier molecular flexibility index (Phi) is 5.70. The number of nitrogens with one attached hydrogen (secondary N) is 1. The van der Waals surface area contributed by atoms with Crippen molar-refractivity contribution in [1.29, 1.82) is 0 Å². The molecule has 0 atom stereocenters. The fraction of sp³-hybridized carbons (Fsp3) is 0.143. The monoisotopic (exact) mass is 423 g/mol. The predicted octanol–water partition coefficient (Wildman–Crippen LogP) is 5.65. The fourth-order valence-electron chi connectivity index (χ4n) is 2.10. The molecule has 29 heavy (non-hydrogen) atoms. The zero-order valence-electron chi connectivity index (χ0n) is 13.7. The molecule has 1 N–H and O–H groups in total. The lowest BCUT2D eigenvalue weighted by Gasteiger charge is -2.09. The van der Waals surface area contributed by atoms with Crippen LogP contribution in [0.4, 0.5) is 49.1 Å². The largest absolute Gasteiger partial charge is 0.423 e. The summed E-state index contributed by atoms with van der Waals surface area (Å²) >= 11 is 0. The number of rotatable bonds is 5. The zero-order chi connectivity index (χ0) is 22.0. The molecule has 0 amide bonds. The zero-order valence-corrected chi connectivity index (χ0v) is 13.7. The lowest BCUT2D eigenvalue weighted by Crippen LogP contribution is -2.09. The summed E-state index contributed by atoms with van der Waals surface area (Å²) in [6.45, 7) is 0. The van der Waals surface area contributed by atoms with E-state index >= 15 is 0 Å². The van der Waals surface area contributed by atoms with E-state index in [9.17, 15) is 46.6 Å². The molecule has 0 radical (unpaired) electrons. The van der Waals surface area contributed by atoms with Crippen LogP contribution in [-0.2, 0) is 12.4 Å². The van der Waals surface area contributed by atoms with Crippen molar-refractivity contribution in [3.8, 4) is 0 Å². The molecule has 0 heterocycles. The summed E-state index contributed by atoms with van der Waals surface area (Å²) < 4.78 is 77.3. The molecule has 0 fully saturated rings. The molecule has 0 unspecified atom stereocenters. The first-order valence-corrected chi connectivity index (χ1v) is 7.18. The molecule has 9 nitrogen and oxygen atoms in total. The molecule has 0 saturated heterocycles. The molecule has 0 spiro atoms. The fourth-order valence-corrected chi connectivity index (χ4v) is 2.10. The van der Waals surface area contributed by atoms with Crippen molar-refractivity contribution in [1.82, 2.24) is 0 Å². The summed E-state index contributed by atoms with van der Waals surface area (Å²) in [5, 5.41) is 27.8. The van der Waals surface area contributed by atoms with E-state index in [1.807, 2.05) is 5.43 Å². The molecule has 0 aliphatic rings. The second-order valence-electron chi connectivity index (χ2n) is 5.25. The summed E-state index contributed by atoms with van der Waals surface area (Å²) in [6, 6.07) is 3.53. The van der Waals surface area contributed by atoms with Crippen molar-refractivity contribution < 1.29 is 36.2 Å². The normalized spacial score (nSPS) is 12.2. The summed E-state index contributed by atoms with van der Waals surface area (Å²) in [7, 11) is 0. The van der Waals surface area contributed by atoms with Crippen LogP contribution in [-0.4, -0.2) is 9.85 Å². The van der Waals surface area contributed by atoms with Gasteiger partial charge in [-0.1, -0.05) is 5.22 Å². The molecule has 2 aromatic rings. The first kappa shape index (κ1) is 21.5. The van der Waals surface area contributed by atoms with E-state index in [0.29, 0.717) is 24.3 Å². The Balaban J connectivity index is 2.31. The average molecular weight is 423 g/mol. The lowest BCUT2D eigenvalue weighted by molar-refractivity contribution is -0.388. The molecule has 2 rings (SSSR count). The van der Waals surface area contributed by atoms with E-state index < -0.39 is 50.4 Å². The molecule has 0 saturated carbocycles. The van der Waals surface area contributed by atoms with Crippen LogP contribution in [0.5, 0.6) is 0 Å². The van der Waals surface area contributed by atoms with Crippen LogP contribution in [0.25, 0.3) is 0 Å². The van der Waals surface area contributed by atoms with Gasteiger partial charge in [-0.2, -0.15) is 26.3 Å². The Hall–Kier alpha value is -3.78. The molecule has 2 aromatic carbocycles. The maximum Gasteiger partial charge on any atom is 0.423 e. The number of benzene rings is 2. The maximum absolute atomic E-state index is 12.9. The second-order valence-corrected chi connectivity index (χ2v) is 5.25. The van der Waals surface area contributed by atoms with Crippen LogP contribution >= 0.6 is 0 Å². The van der Waals surface area contributed by atoms with E-state index in [1.165, 1.54) is 0 Å². The van der Waals surface area contributed by atoms with E-state index in [2.05, 4.69) is 10.3 Å². The molecular formula is C14H7F6N5O4. The minimum Gasteiger partial charge on any atom is -0.260 e. The van der Waals surface area contributed by atoms with Gasteiger partial charge in [0.15, 0.2) is 0 Å². The van der Waals surface area contributed by atoms with Crippen molar-refractivity contribution in [2.75, 3.05) is 5.43 Å². The highest BCUT2D eigenvalue weighted by Gasteiger charge is 2.39. The number of nitrogens with zero attached hydrogens (tertiary/aromatic N) is 4. The third kappa shape index (κ3) is 5.14. The Morgan fingerprint density at radius 1 is 0.793 bits per heavy atom. The highest BCUT2D eigenvalue weighted by Crippen LogP contribution is 2.39. The maximum atomic E-state index is 12.9. The third-order valence-corrected chi connectivity index (χ3v) is 3.33. The molecular weight excluding hydrogens is 416 g/mol. The predicted molar refractivity (Wildman–Crippen MR) is 84.3 cm³/mol. The van der Waals surface area contributed by atoms with E-state index in [4.69, 9.17) is 0 Å². The molecule has 0 aromatic heterocycles. The van der Waals surface area contributed by atoms with Gasteiger partial charge in [-0.25, -0.2) is 0 Å². The van der Waals surface area contributed by atoms with Gasteiger partial charge in [0.05, 0.1) is 21.2 Å². The number of hydrogen-bond acceptors (Lipinski definition) is 6. The summed E-state index contributed by atoms with van der Waals surface area (Å²) in [5.74, 6) is 0. The van der Waals surface area contributed by atoms with Crippen molar-refractivity contribution in [2.45, 2.75) is 12.4 Å². The van der Waals surface area contributed by atoms with Crippen molar-refractivity contribution >= 4 is 22.7 Å². The van der Waals surface area contributed by atoms with Crippen LogP contribution in [0.2, 0.25) is 0 Å². The Morgan fingerprint density at radius 3 is 1.76 bits per heavy atom. The van der Waals surface area contributed by atoms with Gasteiger partial charge in [0.2, 0.25) is 0 Å². The molecule has 0 aliphatic heterocycles. The van der Waals surface area contributed by atoms with Gasteiger partial charge in [-0.3, -0.25) is 25.7 Å². The first-order valence-electron chi connectivity index (χ1n) is 7.18. The van der Waals surface area contributed by atoms with Gasteiger partial charge in [0, 0.05) is 12.1 Å². The van der Waals surface area contributed by atoms with Crippen molar-refractivity contribution in [3.63, 3.8) is 0 Å². The van der Waals surface area contributed by atoms with Crippen molar-refractivity contribution in [3.05, 3.63) is 67.8 Å². The van der Waals surface area contributed by atoms with Crippen LogP contribution in [0, 0.1) is 20.2 Å². The Bertz CT molecular complexity index is 989. The second kappa shape index (κ2) is 7.69. The van der Waals surface area contributed by atoms with E-state index in [1.54, 1.807) is 0 Å². The van der Waals surface area contributed by atoms with Gasteiger partial charge in [-0.15, -0.1) is 5.11 Å². The molecule has 0 bridgehead atoms. The number of nitro benzene ring substituents is 2. The van der Waals surface area contributed by atoms with Crippen LogP contribution in [0.15, 0.2) is 46.7 Å². The number of nitro groups is 2. The average Bonchev–Trinajstić information content (AvgIpc) is 2.59. The van der Waals surface area contributed by atoms with Gasteiger partial charge >= 0.3 is 12.4 Å². The van der Waals surface area contributed by atoms with Gasteiger partial charge in [0.25, 0.3) is 11.4 Å².